The molecule has 0 N–H and O–H groups in total. The van der Waals surface area contributed by atoms with E-state index in [1.54, 1.807) is 29.2 Å². The Morgan fingerprint density at radius 3 is 2.18 bits per heavy atom. The van der Waals surface area contributed by atoms with E-state index in [9.17, 15) is 14.4 Å². The van der Waals surface area contributed by atoms with Crippen LogP contribution in [0.3, 0.4) is 0 Å². The van der Waals surface area contributed by atoms with Crippen LogP contribution in [0.5, 0.6) is 0 Å². The molecule has 0 aliphatic carbocycles. The number of rotatable bonds is 3. The molecule has 0 saturated carbocycles. The van der Waals surface area contributed by atoms with Crippen LogP contribution < -0.4 is 0 Å². The average Bonchev–Trinajstić information content (AvgIpc) is 2.88. The third-order valence-corrected chi connectivity index (χ3v) is 3.99. The number of nitrogens with zero attached hydrogens (tertiary/aromatic N) is 2. The highest BCUT2D eigenvalue weighted by Crippen LogP contribution is 2.17. The smallest absolute Gasteiger partial charge is 0.254 e. The van der Waals surface area contributed by atoms with Crippen molar-refractivity contribution < 1.29 is 19.1 Å². The first-order valence-electron chi connectivity index (χ1n) is 7.44. The van der Waals surface area contributed by atoms with E-state index >= 15 is 0 Å². The summed E-state index contributed by atoms with van der Waals surface area (Å²) < 4.78 is 5.24. The number of hydrogen-bond donors (Lipinski definition) is 0. The van der Waals surface area contributed by atoms with E-state index in [0.717, 1.165) is 5.56 Å². The minimum Gasteiger partial charge on any atom is -0.378 e. The normalized spacial score (nSPS) is 18.9. The van der Waals surface area contributed by atoms with Crippen molar-refractivity contribution in [1.29, 1.82) is 0 Å². The third-order valence-electron chi connectivity index (χ3n) is 3.99. The maximum absolute atomic E-state index is 12.3. The molecule has 22 heavy (non-hydrogen) atoms. The summed E-state index contributed by atoms with van der Waals surface area (Å²) in [4.78, 5) is 38.6. The summed E-state index contributed by atoms with van der Waals surface area (Å²) in [6, 6.07) is 7.09. The summed E-state index contributed by atoms with van der Waals surface area (Å²) in [6.45, 7) is 2.64. The van der Waals surface area contributed by atoms with Crippen LogP contribution in [0.25, 0.3) is 0 Å². The highest BCUT2D eigenvalue weighted by atomic mass is 16.5. The molecule has 2 heterocycles. The van der Waals surface area contributed by atoms with Gasteiger partial charge in [0.15, 0.2) is 0 Å². The van der Waals surface area contributed by atoms with Crippen LogP contribution in [0.15, 0.2) is 24.3 Å². The maximum atomic E-state index is 12.3. The van der Waals surface area contributed by atoms with Crippen molar-refractivity contribution in [3.05, 3.63) is 35.4 Å². The number of carbonyl (C=O) groups is 3. The minimum absolute atomic E-state index is 0.0109. The van der Waals surface area contributed by atoms with Crippen LogP contribution in [-0.2, 0) is 20.9 Å². The van der Waals surface area contributed by atoms with Crippen molar-refractivity contribution in [3.8, 4) is 0 Å². The quantitative estimate of drug-likeness (QED) is 0.775. The number of benzene rings is 1. The van der Waals surface area contributed by atoms with Gasteiger partial charge in [0.2, 0.25) is 11.8 Å². The Kier molecular flexibility index (Phi) is 4.20. The zero-order chi connectivity index (χ0) is 15.5. The van der Waals surface area contributed by atoms with Gasteiger partial charge in [-0.25, -0.2) is 0 Å². The molecule has 2 saturated heterocycles. The lowest BCUT2D eigenvalue weighted by molar-refractivity contribution is -0.139. The maximum Gasteiger partial charge on any atom is 0.254 e. The Morgan fingerprint density at radius 2 is 1.59 bits per heavy atom. The van der Waals surface area contributed by atoms with Gasteiger partial charge in [0.1, 0.15) is 0 Å². The molecule has 2 aliphatic heterocycles. The Labute approximate surface area is 128 Å². The molecule has 0 aromatic heterocycles. The number of hydrogen-bond acceptors (Lipinski definition) is 4. The molecule has 6 heteroatoms. The number of amides is 3. The molecular formula is C16H18N2O4. The van der Waals surface area contributed by atoms with Crippen molar-refractivity contribution in [2.75, 3.05) is 26.3 Å². The minimum atomic E-state index is -0.126. The molecule has 3 rings (SSSR count). The largest absolute Gasteiger partial charge is 0.378 e. The molecule has 3 amide bonds. The predicted molar refractivity (Wildman–Crippen MR) is 78.0 cm³/mol. The standard InChI is InChI=1S/C16H18N2O4/c19-14-5-6-15(20)18(14)11-12-1-3-13(4-2-12)16(21)17-7-9-22-10-8-17/h1-4H,5-11H2. The van der Waals surface area contributed by atoms with Gasteiger partial charge >= 0.3 is 0 Å². The monoisotopic (exact) mass is 302 g/mol. The van der Waals surface area contributed by atoms with E-state index in [1.807, 2.05) is 0 Å². The second kappa shape index (κ2) is 6.27. The lowest BCUT2D eigenvalue weighted by atomic mass is 10.1. The summed E-state index contributed by atoms with van der Waals surface area (Å²) in [5, 5.41) is 0. The van der Waals surface area contributed by atoms with E-state index < -0.39 is 0 Å². The van der Waals surface area contributed by atoms with Crippen LogP contribution >= 0.6 is 0 Å². The van der Waals surface area contributed by atoms with Gasteiger partial charge < -0.3 is 9.64 Å². The Balaban J connectivity index is 1.66. The lowest BCUT2D eigenvalue weighted by Gasteiger charge is -2.27. The van der Waals surface area contributed by atoms with Crippen molar-refractivity contribution in [2.45, 2.75) is 19.4 Å². The zero-order valence-corrected chi connectivity index (χ0v) is 12.3. The van der Waals surface area contributed by atoms with E-state index in [-0.39, 0.29) is 24.3 Å². The molecule has 2 aliphatic rings. The fourth-order valence-corrected chi connectivity index (χ4v) is 2.68. The lowest BCUT2D eigenvalue weighted by Crippen LogP contribution is -2.40. The highest BCUT2D eigenvalue weighted by Gasteiger charge is 2.28. The SMILES string of the molecule is O=C(c1ccc(CN2C(=O)CCC2=O)cc1)N1CCOCC1. The van der Waals surface area contributed by atoms with E-state index in [2.05, 4.69) is 0 Å². The van der Waals surface area contributed by atoms with Gasteiger partial charge in [-0.05, 0) is 17.7 Å². The fraction of sp³-hybridized carbons (Fsp3) is 0.438. The number of ether oxygens (including phenoxy) is 1. The molecule has 116 valence electrons. The predicted octanol–water partition coefficient (Wildman–Crippen LogP) is 0.808. The van der Waals surface area contributed by atoms with Gasteiger partial charge in [0.25, 0.3) is 5.91 Å². The van der Waals surface area contributed by atoms with E-state index in [4.69, 9.17) is 4.74 Å². The Bertz CT molecular complexity index is 575. The van der Waals surface area contributed by atoms with Gasteiger partial charge in [-0.1, -0.05) is 12.1 Å². The van der Waals surface area contributed by atoms with Crippen molar-refractivity contribution in [2.24, 2.45) is 0 Å². The van der Waals surface area contributed by atoms with E-state index in [1.165, 1.54) is 4.90 Å². The molecule has 0 spiro atoms. The second-order valence-corrected chi connectivity index (χ2v) is 5.48. The van der Waals surface area contributed by atoms with Gasteiger partial charge in [-0.2, -0.15) is 0 Å². The molecule has 1 aromatic carbocycles. The second-order valence-electron chi connectivity index (χ2n) is 5.48. The van der Waals surface area contributed by atoms with Crippen LogP contribution in [0.4, 0.5) is 0 Å². The van der Waals surface area contributed by atoms with Gasteiger partial charge in [-0.3, -0.25) is 19.3 Å². The topological polar surface area (TPSA) is 66.9 Å². The molecule has 1 aromatic rings. The first kappa shape index (κ1) is 14.7. The first-order valence-corrected chi connectivity index (χ1v) is 7.44. The van der Waals surface area contributed by atoms with Crippen molar-refractivity contribution in [1.82, 2.24) is 9.80 Å². The van der Waals surface area contributed by atoms with Gasteiger partial charge in [0.05, 0.1) is 19.8 Å². The van der Waals surface area contributed by atoms with Gasteiger partial charge in [-0.15, -0.1) is 0 Å². The van der Waals surface area contributed by atoms with Crippen LogP contribution in [0.2, 0.25) is 0 Å². The number of morpholine rings is 1. The molecule has 0 radical (unpaired) electrons. The molecule has 0 unspecified atom stereocenters. The zero-order valence-electron chi connectivity index (χ0n) is 12.3. The van der Waals surface area contributed by atoms with E-state index in [0.29, 0.717) is 44.7 Å². The summed E-state index contributed by atoms with van der Waals surface area (Å²) in [5.41, 5.74) is 1.46. The summed E-state index contributed by atoms with van der Waals surface area (Å²) in [7, 11) is 0. The summed E-state index contributed by atoms with van der Waals surface area (Å²) >= 11 is 0. The Morgan fingerprint density at radius 1 is 1.00 bits per heavy atom. The van der Waals surface area contributed by atoms with Crippen LogP contribution in [-0.4, -0.2) is 53.8 Å². The van der Waals surface area contributed by atoms with Crippen LogP contribution in [0.1, 0.15) is 28.8 Å². The van der Waals surface area contributed by atoms with Crippen molar-refractivity contribution in [3.63, 3.8) is 0 Å². The van der Waals surface area contributed by atoms with Crippen molar-refractivity contribution >= 4 is 17.7 Å². The fourth-order valence-electron chi connectivity index (χ4n) is 2.68. The summed E-state index contributed by atoms with van der Waals surface area (Å²) in [6.07, 6.45) is 0.596. The molecular weight excluding hydrogens is 284 g/mol. The molecule has 0 atom stereocenters. The number of likely N-dealkylation sites (tertiary alicyclic amines) is 1. The Hall–Kier alpha value is -2.21. The summed E-state index contributed by atoms with van der Waals surface area (Å²) in [5.74, 6) is -0.264. The number of imide groups is 1. The average molecular weight is 302 g/mol. The third kappa shape index (κ3) is 3.01. The molecule has 2 fully saturated rings. The highest BCUT2D eigenvalue weighted by molar-refractivity contribution is 6.01. The number of carbonyl (C=O) groups excluding carboxylic acids is 3. The molecule has 0 bridgehead atoms. The first-order chi connectivity index (χ1) is 10.6. The molecule has 6 nitrogen and oxygen atoms in total. The van der Waals surface area contributed by atoms with Crippen LogP contribution in [0, 0.1) is 0 Å². The van der Waals surface area contributed by atoms with Gasteiger partial charge in [0, 0.05) is 31.5 Å².